The highest BCUT2D eigenvalue weighted by Gasteiger charge is 2.33. The van der Waals surface area contributed by atoms with Crippen LogP contribution in [0.4, 0.5) is 0 Å². The van der Waals surface area contributed by atoms with Gasteiger partial charge in [0, 0.05) is 23.8 Å². The summed E-state index contributed by atoms with van der Waals surface area (Å²) in [5, 5.41) is 2.16. The lowest BCUT2D eigenvalue weighted by Crippen LogP contribution is -2.40. The van der Waals surface area contributed by atoms with Crippen LogP contribution in [0.3, 0.4) is 0 Å². The second-order valence-electron chi connectivity index (χ2n) is 8.03. The Morgan fingerprint density at radius 2 is 1.42 bits per heavy atom. The minimum Gasteiger partial charge on any atom is -0.331 e. The first-order chi connectivity index (χ1) is 15.3. The van der Waals surface area contributed by atoms with Gasteiger partial charge in [-0.3, -0.25) is 4.79 Å². The fourth-order valence-corrected chi connectivity index (χ4v) is 5.57. The van der Waals surface area contributed by atoms with Crippen molar-refractivity contribution < 1.29 is 4.79 Å². The van der Waals surface area contributed by atoms with Gasteiger partial charge in [0.1, 0.15) is 0 Å². The summed E-state index contributed by atoms with van der Waals surface area (Å²) in [5.74, 6) is 0.263. The first-order valence-corrected chi connectivity index (χ1v) is 11.7. The largest absolute Gasteiger partial charge is 0.331 e. The Labute approximate surface area is 187 Å². The fourth-order valence-electron chi connectivity index (χ4n) is 4.67. The molecule has 0 saturated heterocycles. The minimum atomic E-state index is -0.00380. The number of fused-ring (bicyclic) bond motifs is 1. The fraction of sp³-hybridized carbons (Fsp3) is 0.179. The molecule has 1 unspecified atom stereocenters. The van der Waals surface area contributed by atoms with Crippen molar-refractivity contribution in [1.29, 1.82) is 0 Å². The number of benzene rings is 3. The number of amides is 1. The number of hydrogen-bond acceptors (Lipinski definition) is 2. The van der Waals surface area contributed by atoms with Gasteiger partial charge in [-0.2, -0.15) is 0 Å². The highest BCUT2D eigenvalue weighted by molar-refractivity contribution is 7.10. The molecule has 1 aliphatic rings. The summed E-state index contributed by atoms with van der Waals surface area (Å²) >= 11 is 1.81. The van der Waals surface area contributed by atoms with Gasteiger partial charge in [-0.15, -0.1) is 11.3 Å². The Bertz CT molecular complexity index is 1100. The van der Waals surface area contributed by atoms with Crippen LogP contribution in [0.2, 0.25) is 0 Å². The Kier molecular flexibility index (Phi) is 5.68. The van der Waals surface area contributed by atoms with Crippen molar-refractivity contribution in [1.82, 2.24) is 4.90 Å². The number of carbonyl (C=O) groups is 1. The molecule has 1 aromatic heterocycles. The normalized spacial score (nSPS) is 15.6. The average molecular weight is 424 g/mol. The van der Waals surface area contributed by atoms with Crippen LogP contribution >= 0.6 is 11.3 Å². The second-order valence-corrected chi connectivity index (χ2v) is 9.03. The molecule has 0 saturated carbocycles. The summed E-state index contributed by atoms with van der Waals surface area (Å²) in [6.45, 7) is 0.766. The lowest BCUT2D eigenvalue weighted by molar-refractivity contribution is -0.133. The van der Waals surface area contributed by atoms with Crippen molar-refractivity contribution in [2.45, 2.75) is 24.8 Å². The van der Waals surface area contributed by atoms with Crippen LogP contribution < -0.4 is 0 Å². The third kappa shape index (κ3) is 4.06. The van der Waals surface area contributed by atoms with Crippen LogP contribution in [-0.4, -0.2) is 17.4 Å². The smallest absolute Gasteiger partial charge is 0.224 e. The monoisotopic (exact) mass is 423 g/mol. The predicted molar refractivity (Wildman–Crippen MR) is 127 cm³/mol. The molecule has 2 heterocycles. The zero-order valence-corrected chi connectivity index (χ0v) is 18.2. The topological polar surface area (TPSA) is 20.3 Å². The van der Waals surface area contributed by atoms with E-state index >= 15 is 0 Å². The molecular formula is C28H25NOS. The van der Waals surface area contributed by atoms with Crippen molar-refractivity contribution in [2.24, 2.45) is 0 Å². The molecule has 0 bridgehead atoms. The number of hydrogen-bond donors (Lipinski definition) is 0. The van der Waals surface area contributed by atoms with Gasteiger partial charge >= 0.3 is 0 Å². The molecule has 5 rings (SSSR count). The van der Waals surface area contributed by atoms with E-state index in [-0.39, 0.29) is 17.9 Å². The van der Waals surface area contributed by atoms with Crippen LogP contribution in [-0.2, 0) is 11.2 Å². The van der Waals surface area contributed by atoms with Gasteiger partial charge in [0.05, 0.1) is 6.04 Å². The molecule has 2 nitrogen and oxygen atoms in total. The van der Waals surface area contributed by atoms with Gasteiger partial charge < -0.3 is 4.90 Å². The Balaban J connectivity index is 1.49. The van der Waals surface area contributed by atoms with E-state index in [2.05, 4.69) is 89.1 Å². The van der Waals surface area contributed by atoms with Gasteiger partial charge in [0.2, 0.25) is 5.91 Å². The third-order valence-electron chi connectivity index (χ3n) is 6.18. The van der Waals surface area contributed by atoms with Crippen LogP contribution in [0.1, 0.15) is 45.5 Å². The minimum absolute atomic E-state index is 0.00380. The lowest BCUT2D eigenvalue weighted by Gasteiger charge is -2.37. The van der Waals surface area contributed by atoms with E-state index in [0.717, 1.165) is 13.0 Å². The van der Waals surface area contributed by atoms with Crippen molar-refractivity contribution in [2.75, 3.05) is 6.54 Å². The summed E-state index contributed by atoms with van der Waals surface area (Å²) in [4.78, 5) is 17.3. The summed E-state index contributed by atoms with van der Waals surface area (Å²) in [5.41, 5.74) is 4.84. The molecule has 154 valence electrons. The van der Waals surface area contributed by atoms with Crippen molar-refractivity contribution in [3.8, 4) is 0 Å². The SMILES string of the molecule is O=C(CC(c1ccccc1)c1ccccc1)N1CCc2sccc2C1c1ccccc1. The van der Waals surface area contributed by atoms with Crippen LogP contribution in [0.5, 0.6) is 0 Å². The Morgan fingerprint density at radius 3 is 2.03 bits per heavy atom. The van der Waals surface area contributed by atoms with E-state index in [1.807, 2.05) is 29.5 Å². The average Bonchev–Trinajstić information content (AvgIpc) is 3.32. The van der Waals surface area contributed by atoms with Gasteiger partial charge in [0.15, 0.2) is 0 Å². The van der Waals surface area contributed by atoms with Gasteiger partial charge in [-0.1, -0.05) is 91.0 Å². The maximum absolute atomic E-state index is 13.8. The lowest BCUT2D eigenvalue weighted by atomic mass is 9.87. The summed E-state index contributed by atoms with van der Waals surface area (Å²) in [7, 11) is 0. The van der Waals surface area contributed by atoms with E-state index in [9.17, 15) is 4.79 Å². The molecular weight excluding hydrogens is 398 g/mol. The van der Waals surface area contributed by atoms with Crippen molar-refractivity contribution in [3.63, 3.8) is 0 Å². The van der Waals surface area contributed by atoms with Gasteiger partial charge in [-0.05, 0) is 40.1 Å². The summed E-state index contributed by atoms with van der Waals surface area (Å²) < 4.78 is 0. The molecule has 4 aromatic rings. The summed E-state index contributed by atoms with van der Waals surface area (Å²) in [6.07, 6.45) is 1.40. The number of nitrogens with zero attached hydrogens (tertiary/aromatic N) is 1. The molecule has 0 aliphatic carbocycles. The highest BCUT2D eigenvalue weighted by atomic mass is 32.1. The molecule has 0 N–H and O–H groups in total. The standard InChI is InChI=1S/C28H25NOS/c30-27(20-25(21-10-4-1-5-11-21)22-12-6-2-7-13-22)29-18-16-26-24(17-19-31-26)28(29)23-14-8-3-9-15-23/h1-15,17,19,25,28H,16,18,20H2. The van der Waals surface area contributed by atoms with Crippen LogP contribution in [0.15, 0.2) is 102 Å². The molecule has 1 aliphatic heterocycles. The molecule has 0 fully saturated rings. The van der Waals surface area contributed by atoms with Crippen LogP contribution in [0.25, 0.3) is 0 Å². The van der Waals surface area contributed by atoms with Crippen molar-refractivity contribution in [3.05, 3.63) is 130 Å². The molecule has 1 amide bonds. The Morgan fingerprint density at radius 1 is 0.839 bits per heavy atom. The maximum Gasteiger partial charge on any atom is 0.224 e. The van der Waals surface area contributed by atoms with Gasteiger partial charge in [-0.25, -0.2) is 0 Å². The second kappa shape index (κ2) is 8.91. The van der Waals surface area contributed by atoms with Gasteiger partial charge in [0.25, 0.3) is 0 Å². The van der Waals surface area contributed by atoms with Crippen LogP contribution in [0, 0.1) is 0 Å². The molecule has 1 atom stereocenters. The quantitative estimate of drug-likeness (QED) is 0.361. The molecule has 3 aromatic carbocycles. The maximum atomic E-state index is 13.8. The highest BCUT2D eigenvalue weighted by Crippen LogP contribution is 2.39. The summed E-state index contributed by atoms with van der Waals surface area (Å²) in [6, 6.07) is 33.5. The number of carbonyl (C=O) groups excluding carboxylic acids is 1. The van der Waals surface area contributed by atoms with E-state index in [0.29, 0.717) is 6.42 Å². The first kappa shape index (κ1) is 19.8. The molecule has 3 heteroatoms. The predicted octanol–water partition coefficient (Wildman–Crippen LogP) is 6.44. The van der Waals surface area contributed by atoms with E-state index in [1.165, 1.54) is 27.1 Å². The number of thiophene rings is 1. The van der Waals surface area contributed by atoms with Crippen molar-refractivity contribution >= 4 is 17.2 Å². The molecule has 0 spiro atoms. The Hall–Kier alpha value is -3.17. The zero-order chi connectivity index (χ0) is 21.0. The van der Waals surface area contributed by atoms with E-state index < -0.39 is 0 Å². The van der Waals surface area contributed by atoms with E-state index in [4.69, 9.17) is 0 Å². The molecule has 31 heavy (non-hydrogen) atoms. The zero-order valence-electron chi connectivity index (χ0n) is 17.4. The molecule has 0 radical (unpaired) electrons. The third-order valence-corrected chi connectivity index (χ3v) is 7.18. The van der Waals surface area contributed by atoms with E-state index in [1.54, 1.807) is 0 Å². The first-order valence-electron chi connectivity index (χ1n) is 10.8. The number of rotatable bonds is 5.